The second kappa shape index (κ2) is 5.03. The maximum Gasteiger partial charge on any atom is 0.147 e. The second-order valence-corrected chi connectivity index (χ2v) is 1.35. The highest BCUT2D eigenvalue weighted by Gasteiger charge is 1.81. The molecule has 0 radical (unpaired) electrons. The number of hydrogen-bond acceptors (Lipinski definition) is 2. The Bertz CT molecular complexity index is 135. The largest absolute Gasteiger partial charge is 0.404 e. The summed E-state index contributed by atoms with van der Waals surface area (Å²) in [6.07, 6.45) is 3.00. The van der Waals surface area contributed by atoms with Crippen LogP contribution >= 0.6 is 0 Å². The minimum Gasteiger partial charge on any atom is -0.404 e. The summed E-state index contributed by atoms with van der Waals surface area (Å²) in [4.78, 5) is 7.55. The molecule has 0 fully saturated rings. The minimum atomic E-state index is 0.583. The smallest absolute Gasteiger partial charge is 0.147 e. The van der Waals surface area contributed by atoms with Crippen molar-refractivity contribution < 1.29 is 0 Å². The van der Waals surface area contributed by atoms with E-state index >= 15 is 0 Å². The first-order valence-electron chi connectivity index (χ1n) is 2.74. The fraction of sp³-hybridized carbons (Fsp3) is 0.333. The van der Waals surface area contributed by atoms with E-state index in [1.165, 1.54) is 6.20 Å². The molecule has 3 nitrogen and oxygen atoms in total. The first-order valence-corrected chi connectivity index (χ1v) is 2.74. The van der Waals surface area contributed by atoms with E-state index in [-0.39, 0.29) is 0 Å². The van der Waals surface area contributed by atoms with Crippen LogP contribution in [0, 0.1) is 0 Å². The molecule has 0 spiro atoms. The monoisotopic (exact) mass is 125 g/mol. The molecule has 0 rings (SSSR count). The maximum absolute atomic E-state index is 5.09. The summed E-state index contributed by atoms with van der Waals surface area (Å²) < 4.78 is 0. The van der Waals surface area contributed by atoms with Crippen molar-refractivity contribution in [3.8, 4) is 0 Å². The van der Waals surface area contributed by atoms with E-state index in [1.807, 2.05) is 6.92 Å². The summed E-state index contributed by atoms with van der Waals surface area (Å²) in [5.74, 6) is 0.583. The molecule has 0 saturated heterocycles. The van der Waals surface area contributed by atoms with Gasteiger partial charge in [-0.3, -0.25) is 4.99 Å². The van der Waals surface area contributed by atoms with Crippen LogP contribution in [0.25, 0.3) is 0 Å². The standard InChI is InChI=1S/C6H11N3/c1-3-9-6(8-2)4-5-7/h4-5H,2-3,7H2,1H3. The van der Waals surface area contributed by atoms with Gasteiger partial charge in [-0.1, -0.05) is 0 Å². The van der Waals surface area contributed by atoms with Gasteiger partial charge in [-0.25, -0.2) is 4.99 Å². The summed E-state index contributed by atoms with van der Waals surface area (Å²) >= 11 is 0. The molecule has 0 aromatic carbocycles. The number of rotatable bonds is 2. The molecule has 0 bridgehead atoms. The van der Waals surface area contributed by atoms with Gasteiger partial charge in [-0.15, -0.1) is 0 Å². The normalized spacial score (nSPS) is 12.3. The van der Waals surface area contributed by atoms with E-state index in [1.54, 1.807) is 6.08 Å². The predicted molar refractivity (Wildman–Crippen MR) is 40.9 cm³/mol. The lowest BCUT2D eigenvalue weighted by atomic mass is 10.5. The number of aliphatic imine (C=N–C) groups is 2. The van der Waals surface area contributed by atoms with Crippen LogP contribution in [-0.4, -0.2) is 19.1 Å². The molecule has 0 aromatic rings. The second-order valence-electron chi connectivity index (χ2n) is 1.35. The highest BCUT2D eigenvalue weighted by atomic mass is 14.9. The Balaban J connectivity index is 3.97. The molecule has 0 atom stereocenters. The van der Waals surface area contributed by atoms with E-state index in [4.69, 9.17) is 5.73 Å². The quantitative estimate of drug-likeness (QED) is 0.426. The highest BCUT2D eigenvalue weighted by Crippen LogP contribution is 1.80. The number of nitrogens with two attached hydrogens (primary N) is 1. The van der Waals surface area contributed by atoms with Crippen LogP contribution in [0.2, 0.25) is 0 Å². The number of nitrogens with zero attached hydrogens (tertiary/aromatic N) is 2. The van der Waals surface area contributed by atoms with Gasteiger partial charge >= 0.3 is 0 Å². The first kappa shape index (κ1) is 7.88. The van der Waals surface area contributed by atoms with Crippen molar-refractivity contribution in [2.24, 2.45) is 15.7 Å². The van der Waals surface area contributed by atoms with E-state index in [0.29, 0.717) is 12.4 Å². The third kappa shape index (κ3) is 3.46. The lowest BCUT2D eigenvalue weighted by Gasteiger charge is -1.87. The molecule has 0 heterocycles. The average molecular weight is 125 g/mol. The molecule has 0 aliphatic carbocycles. The Hall–Kier alpha value is -1.12. The highest BCUT2D eigenvalue weighted by molar-refractivity contribution is 5.95. The molecule has 0 saturated carbocycles. The van der Waals surface area contributed by atoms with E-state index in [0.717, 1.165) is 0 Å². The van der Waals surface area contributed by atoms with Crippen LogP contribution < -0.4 is 5.73 Å². The van der Waals surface area contributed by atoms with Crippen LogP contribution in [0.5, 0.6) is 0 Å². The summed E-state index contributed by atoms with van der Waals surface area (Å²) in [6, 6.07) is 0. The Morgan fingerprint density at radius 2 is 2.44 bits per heavy atom. The van der Waals surface area contributed by atoms with Crippen molar-refractivity contribution in [3.05, 3.63) is 12.3 Å². The Labute approximate surface area is 55.0 Å². The van der Waals surface area contributed by atoms with Gasteiger partial charge < -0.3 is 5.73 Å². The molecule has 0 unspecified atom stereocenters. The summed E-state index contributed by atoms with van der Waals surface area (Å²) in [6.45, 7) is 5.94. The minimum absolute atomic E-state index is 0.583. The van der Waals surface area contributed by atoms with Crippen LogP contribution in [0.4, 0.5) is 0 Å². The van der Waals surface area contributed by atoms with Crippen molar-refractivity contribution in [1.82, 2.24) is 0 Å². The third-order valence-corrected chi connectivity index (χ3v) is 0.727. The van der Waals surface area contributed by atoms with E-state index < -0.39 is 0 Å². The van der Waals surface area contributed by atoms with Gasteiger partial charge in [-0.05, 0) is 25.9 Å². The van der Waals surface area contributed by atoms with Gasteiger partial charge in [0.2, 0.25) is 0 Å². The van der Waals surface area contributed by atoms with Crippen molar-refractivity contribution in [1.29, 1.82) is 0 Å². The van der Waals surface area contributed by atoms with Gasteiger partial charge in [-0.2, -0.15) is 0 Å². The van der Waals surface area contributed by atoms with Crippen molar-refractivity contribution in [2.45, 2.75) is 6.92 Å². The van der Waals surface area contributed by atoms with Gasteiger partial charge in [0.25, 0.3) is 0 Å². The van der Waals surface area contributed by atoms with Crippen LogP contribution in [0.1, 0.15) is 6.92 Å². The number of amidine groups is 1. The Morgan fingerprint density at radius 1 is 1.78 bits per heavy atom. The van der Waals surface area contributed by atoms with Gasteiger partial charge in [0, 0.05) is 6.54 Å². The molecule has 0 aliphatic heterocycles. The molecule has 9 heavy (non-hydrogen) atoms. The van der Waals surface area contributed by atoms with E-state index in [2.05, 4.69) is 16.7 Å². The summed E-state index contributed by atoms with van der Waals surface area (Å²) in [7, 11) is 0. The number of hydrogen-bond donors (Lipinski definition) is 1. The summed E-state index contributed by atoms with van der Waals surface area (Å²) in [5, 5.41) is 0. The third-order valence-electron chi connectivity index (χ3n) is 0.727. The lowest BCUT2D eigenvalue weighted by molar-refractivity contribution is 1.13. The van der Waals surface area contributed by atoms with Crippen LogP contribution in [0.3, 0.4) is 0 Å². The lowest BCUT2D eigenvalue weighted by Crippen LogP contribution is -1.90. The fourth-order valence-corrected chi connectivity index (χ4v) is 0.403. The topological polar surface area (TPSA) is 50.7 Å². The van der Waals surface area contributed by atoms with Crippen LogP contribution in [-0.2, 0) is 0 Å². The zero-order valence-electron chi connectivity index (χ0n) is 5.54. The van der Waals surface area contributed by atoms with Crippen molar-refractivity contribution in [3.63, 3.8) is 0 Å². The Morgan fingerprint density at radius 3 is 2.78 bits per heavy atom. The molecular weight excluding hydrogens is 114 g/mol. The zero-order chi connectivity index (χ0) is 7.11. The predicted octanol–water partition coefficient (Wildman–Crippen LogP) is 0.578. The molecular formula is C6H11N3. The molecule has 0 amide bonds. The molecule has 0 aromatic heterocycles. The van der Waals surface area contributed by atoms with Gasteiger partial charge in [0.1, 0.15) is 5.84 Å². The fourth-order valence-electron chi connectivity index (χ4n) is 0.403. The molecule has 3 heteroatoms. The first-order chi connectivity index (χ1) is 4.35. The van der Waals surface area contributed by atoms with Crippen molar-refractivity contribution in [2.75, 3.05) is 6.54 Å². The Kier molecular flexibility index (Phi) is 4.40. The zero-order valence-corrected chi connectivity index (χ0v) is 5.54. The molecule has 0 aliphatic rings. The van der Waals surface area contributed by atoms with E-state index in [9.17, 15) is 0 Å². The molecule has 2 N–H and O–H groups in total. The SMILES string of the molecule is C=NC(C=CN)=NCC. The maximum atomic E-state index is 5.09. The molecule has 50 valence electrons. The van der Waals surface area contributed by atoms with Gasteiger partial charge in [0.15, 0.2) is 0 Å². The van der Waals surface area contributed by atoms with Crippen molar-refractivity contribution >= 4 is 12.6 Å². The van der Waals surface area contributed by atoms with Gasteiger partial charge in [0.05, 0.1) is 0 Å². The average Bonchev–Trinajstić information content (AvgIpc) is 1.88. The summed E-state index contributed by atoms with van der Waals surface area (Å²) in [5.41, 5.74) is 5.09. The van der Waals surface area contributed by atoms with Crippen LogP contribution in [0.15, 0.2) is 22.3 Å².